The molecule has 0 spiro atoms. The van der Waals surface area contributed by atoms with Crippen LogP contribution in [0.2, 0.25) is 0 Å². The summed E-state index contributed by atoms with van der Waals surface area (Å²) in [5, 5.41) is 2.80. The van der Waals surface area contributed by atoms with Gasteiger partial charge in [-0.25, -0.2) is 9.18 Å². The molecule has 3 nitrogen and oxygen atoms in total. The Morgan fingerprint density at radius 1 is 1.25 bits per heavy atom. The Morgan fingerprint density at radius 3 is 2.42 bits per heavy atom. The van der Waals surface area contributed by atoms with E-state index in [1.54, 1.807) is 20.8 Å². The minimum absolute atomic E-state index is 0.0557. The van der Waals surface area contributed by atoms with Crippen LogP contribution in [0.1, 0.15) is 39.2 Å². The van der Waals surface area contributed by atoms with Crippen LogP contribution in [0.25, 0.3) is 0 Å². The van der Waals surface area contributed by atoms with Crippen molar-refractivity contribution in [3.05, 3.63) is 29.6 Å². The second kappa shape index (κ2) is 6.82. The summed E-state index contributed by atoms with van der Waals surface area (Å²) in [5.41, 5.74) is -1.83. The van der Waals surface area contributed by atoms with Crippen molar-refractivity contribution in [2.75, 3.05) is 0 Å². The Morgan fingerprint density at radius 2 is 1.88 bits per heavy atom. The average Bonchev–Trinajstić information content (AvgIpc) is 2.34. The van der Waals surface area contributed by atoms with Gasteiger partial charge in [0.1, 0.15) is 11.4 Å². The summed E-state index contributed by atoms with van der Waals surface area (Å²) in [6.45, 7) is 5.29. The molecule has 0 heterocycles. The lowest BCUT2D eigenvalue weighted by Gasteiger charge is -2.35. The molecule has 0 radical (unpaired) electrons. The summed E-state index contributed by atoms with van der Waals surface area (Å²) in [5.74, 6) is -1.27. The van der Waals surface area contributed by atoms with Crippen molar-refractivity contribution in [2.45, 2.75) is 61.6 Å². The van der Waals surface area contributed by atoms with E-state index in [0.717, 1.165) is 12.1 Å². The van der Waals surface area contributed by atoms with Gasteiger partial charge in [0, 0.05) is 16.2 Å². The van der Waals surface area contributed by atoms with Gasteiger partial charge in [0.25, 0.3) is 0 Å². The molecule has 0 atom stereocenters. The predicted octanol–water partition coefficient (Wildman–Crippen LogP) is 4.99. The van der Waals surface area contributed by atoms with Crippen LogP contribution in [0.15, 0.2) is 23.1 Å². The smallest absolute Gasteiger partial charge is 0.419 e. The molecule has 2 rings (SSSR count). The Labute approximate surface area is 142 Å². The number of halogens is 4. The third kappa shape index (κ3) is 5.29. The largest absolute Gasteiger partial charge is 0.444 e. The first-order valence-electron chi connectivity index (χ1n) is 7.47. The van der Waals surface area contributed by atoms with E-state index >= 15 is 0 Å². The maximum atomic E-state index is 13.2. The highest BCUT2D eigenvalue weighted by Crippen LogP contribution is 2.39. The van der Waals surface area contributed by atoms with Crippen molar-refractivity contribution >= 4 is 17.9 Å². The summed E-state index contributed by atoms with van der Waals surface area (Å²) >= 11 is 1.25. The number of hydrogen-bond acceptors (Lipinski definition) is 3. The van der Waals surface area contributed by atoms with Crippen LogP contribution in [0.5, 0.6) is 0 Å². The lowest BCUT2D eigenvalue weighted by atomic mass is 9.92. The molecule has 24 heavy (non-hydrogen) atoms. The van der Waals surface area contributed by atoms with Crippen LogP contribution in [0.3, 0.4) is 0 Å². The van der Waals surface area contributed by atoms with Crippen LogP contribution in [-0.2, 0) is 10.9 Å². The minimum atomic E-state index is -4.71. The van der Waals surface area contributed by atoms with Crippen molar-refractivity contribution < 1.29 is 27.1 Å². The first-order chi connectivity index (χ1) is 10.9. The minimum Gasteiger partial charge on any atom is -0.444 e. The van der Waals surface area contributed by atoms with Crippen molar-refractivity contribution in [2.24, 2.45) is 0 Å². The van der Waals surface area contributed by atoms with E-state index in [-0.39, 0.29) is 11.3 Å². The first-order valence-corrected chi connectivity index (χ1v) is 8.35. The van der Waals surface area contributed by atoms with Gasteiger partial charge >= 0.3 is 12.3 Å². The normalized spacial score (nSPS) is 21.1. The summed E-state index contributed by atoms with van der Waals surface area (Å²) in [4.78, 5) is 12.0. The number of carbonyl (C=O) groups excluding carboxylic acids is 1. The van der Waals surface area contributed by atoms with Crippen LogP contribution >= 0.6 is 11.8 Å². The Kier molecular flexibility index (Phi) is 5.37. The quantitative estimate of drug-likeness (QED) is 0.767. The average molecular weight is 365 g/mol. The second-order valence-electron chi connectivity index (χ2n) is 6.69. The van der Waals surface area contributed by atoms with Crippen molar-refractivity contribution in [3.63, 3.8) is 0 Å². The van der Waals surface area contributed by atoms with E-state index in [1.165, 1.54) is 17.8 Å². The molecular formula is C16H19F4NO2S. The van der Waals surface area contributed by atoms with Crippen LogP contribution in [-0.4, -0.2) is 23.0 Å². The van der Waals surface area contributed by atoms with E-state index in [1.807, 2.05) is 0 Å². The molecule has 1 aliphatic rings. The monoisotopic (exact) mass is 365 g/mol. The van der Waals surface area contributed by atoms with Gasteiger partial charge in [-0.05, 0) is 51.8 Å². The number of hydrogen-bond donors (Lipinski definition) is 1. The molecule has 1 aromatic rings. The van der Waals surface area contributed by atoms with Gasteiger partial charge in [0.05, 0.1) is 5.56 Å². The topological polar surface area (TPSA) is 38.3 Å². The SMILES string of the molecule is CC(C)(C)OC(=O)NC1CC(Sc2ccc(F)c(C(F)(F)F)c2)C1. The Hall–Kier alpha value is -1.44. The molecule has 1 aliphatic carbocycles. The molecule has 0 bridgehead atoms. The molecule has 1 saturated carbocycles. The van der Waals surface area contributed by atoms with E-state index < -0.39 is 29.3 Å². The third-order valence-electron chi connectivity index (χ3n) is 3.36. The van der Waals surface area contributed by atoms with Gasteiger partial charge in [-0.15, -0.1) is 11.8 Å². The highest BCUT2D eigenvalue weighted by Gasteiger charge is 2.36. The number of thioether (sulfide) groups is 1. The number of alkyl carbamates (subject to hydrolysis) is 1. The molecule has 0 aromatic heterocycles. The van der Waals surface area contributed by atoms with Gasteiger partial charge in [0.15, 0.2) is 0 Å². The van der Waals surface area contributed by atoms with E-state index in [4.69, 9.17) is 4.74 Å². The summed E-state index contributed by atoms with van der Waals surface area (Å²) < 4.78 is 56.5. The fourth-order valence-electron chi connectivity index (χ4n) is 2.24. The molecule has 1 amide bonds. The predicted molar refractivity (Wildman–Crippen MR) is 83.4 cm³/mol. The number of ether oxygens (including phenoxy) is 1. The van der Waals surface area contributed by atoms with Gasteiger partial charge in [-0.2, -0.15) is 13.2 Å². The van der Waals surface area contributed by atoms with E-state index in [9.17, 15) is 22.4 Å². The number of alkyl halides is 3. The number of nitrogens with one attached hydrogen (secondary N) is 1. The molecule has 8 heteroatoms. The van der Waals surface area contributed by atoms with Crippen molar-refractivity contribution in [1.82, 2.24) is 5.32 Å². The molecule has 1 N–H and O–H groups in total. The second-order valence-corrected chi connectivity index (χ2v) is 8.07. The number of benzene rings is 1. The number of carbonyl (C=O) groups is 1. The third-order valence-corrected chi connectivity index (χ3v) is 4.61. The van der Waals surface area contributed by atoms with Crippen LogP contribution in [0, 0.1) is 5.82 Å². The fraction of sp³-hybridized carbons (Fsp3) is 0.562. The Balaban J connectivity index is 1.85. The molecule has 0 unspecified atom stereocenters. The summed E-state index contributed by atoms with van der Waals surface area (Å²) in [7, 11) is 0. The number of amides is 1. The highest BCUT2D eigenvalue weighted by atomic mass is 32.2. The molecule has 0 saturated heterocycles. The van der Waals surface area contributed by atoms with Gasteiger partial charge in [-0.3, -0.25) is 0 Å². The lowest BCUT2D eigenvalue weighted by molar-refractivity contribution is -0.140. The molecule has 0 aliphatic heterocycles. The van der Waals surface area contributed by atoms with Crippen molar-refractivity contribution in [1.29, 1.82) is 0 Å². The zero-order valence-electron chi connectivity index (χ0n) is 13.5. The highest BCUT2D eigenvalue weighted by molar-refractivity contribution is 8.00. The number of rotatable bonds is 3. The van der Waals surface area contributed by atoms with Crippen LogP contribution in [0.4, 0.5) is 22.4 Å². The fourth-order valence-corrected chi connectivity index (χ4v) is 3.62. The Bertz CT molecular complexity index is 607. The maximum absolute atomic E-state index is 13.2. The van der Waals surface area contributed by atoms with Gasteiger partial charge in [0.2, 0.25) is 0 Å². The van der Waals surface area contributed by atoms with Crippen LogP contribution < -0.4 is 5.32 Å². The van der Waals surface area contributed by atoms with Gasteiger partial charge in [-0.1, -0.05) is 0 Å². The zero-order valence-corrected chi connectivity index (χ0v) is 14.4. The summed E-state index contributed by atoms with van der Waals surface area (Å²) in [6.07, 6.45) is -3.95. The standard InChI is InChI=1S/C16H19F4NO2S/c1-15(2,3)23-14(22)21-9-6-11(7-9)24-10-4-5-13(17)12(8-10)16(18,19)20/h4-5,8-9,11H,6-7H2,1-3H3,(H,21,22). The first kappa shape index (κ1) is 18.9. The molecule has 1 aromatic carbocycles. The summed E-state index contributed by atoms with van der Waals surface area (Å²) in [6, 6.07) is 2.94. The van der Waals surface area contributed by atoms with E-state index in [2.05, 4.69) is 5.32 Å². The molecular weight excluding hydrogens is 346 g/mol. The molecule has 1 fully saturated rings. The zero-order chi connectivity index (χ0) is 18.1. The lowest BCUT2D eigenvalue weighted by Crippen LogP contribution is -2.47. The van der Waals surface area contributed by atoms with Crippen molar-refractivity contribution in [3.8, 4) is 0 Å². The van der Waals surface area contributed by atoms with Gasteiger partial charge < -0.3 is 10.1 Å². The molecule has 134 valence electrons. The maximum Gasteiger partial charge on any atom is 0.419 e. The van der Waals surface area contributed by atoms with E-state index in [0.29, 0.717) is 17.7 Å².